The van der Waals surface area contributed by atoms with Crippen LogP contribution in [0.2, 0.25) is 0 Å². The van der Waals surface area contributed by atoms with E-state index in [1.54, 1.807) is 23.5 Å². The van der Waals surface area contributed by atoms with Crippen molar-refractivity contribution < 1.29 is 4.79 Å². The van der Waals surface area contributed by atoms with E-state index in [4.69, 9.17) is 9.97 Å². The van der Waals surface area contributed by atoms with Crippen LogP contribution in [0.1, 0.15) is 21.5 Å². The standard InChI is InChI=1S/C29H27N5OS/c1-19-10-11-20(18-34(2)3)17-25(19)31-28(35)21-12-14-22(15-13-21)30-29-32-24-8-5-4-7-23(24)27(33-29)26-9-6-16-36-26/h4-17H,18H2,1-3H3,(H,31,35)(H,30,32,33). The molecule has 0 aliphatic carbocycles. The normalized spacial score (nSPS) is 11.1. The second-order valence-corrected chi connectivity index (χ2v) is 9.88. The molecule has 0 unspecified atom stereocenters. The highest BCUT2D eigenvalue weighted by atomic mass is 32.1. The third-order valence-electron chi connectivity index (χ3n) is 5.81. The Hall–Kier alpha value is -4.07. The molecule has 0 saturated carbocycles. The summed E-state index contributed by atoms with van der Waals surface area (Å²) in [6, 6.07) is 25.6. The maximum Gasteiger partial charge on any atom is 0.255 e. The Morgan fingerprint density at radius 1 is 0.944 bits per heavy atom. The number of aryl methyl sites for hydroxylation is 1. The van der Waals surface area contributed by atoms with Crippen molar-refractivity contribution in [3.05, 3.63) is 101 Å². The molecule has 0 radical (unpaired) electrons. The maximum absolute atomic E-state index is 12.9. The van der Waals surface area contributed by atoms with Crippen molar-refractivity contribution in [2.45, 2.75) is 13.5 Å². The van der Waals surface area contributed by atoms with E-state index in [0.29, 0.717) is 11.5 Å². The summed E-state index contributed by atoms with van der Waals surface area (Å²) in [6.07, 6.45) is 0. The largest absolute Gasteiger partial charge is 0.324 e. The van der Waals surface area contributed by atoms with E-state index in [9.17, 15) is 4.79 Å². The number of thiophene rings is 1. The van der Waals surface area contributed by atoms with Crippen LogP contribution in [0.15, 0.2) is 84.2 Å². The van der Waals surface area contributed by atoms with Gasteiger partial charge in [0, 0.05) is 28.9 Å². The second-order valence-electron chi connectivity index (χ2n) is 8.93. The molecule has 0 aliphatic heterocycles. The molecular weight excluding hydrogens is 466 g/mol. The van der Waals surface area contributed by atoms with Crippen molar-refractivity contribution in [1.29, 1.82) is 0 Å². The summed E-state index contributed by atoms with van der Waals surface area (Å²) in [5.74, 6) is 0.372. The fraction of sp³-hybridized carbons (Fsp3) is 0.138. The van der Waals surface area contributed by atoms with Crippen LogP contribution >= 0.6 is 11.3 Å². The van der Waals surface area contributed by atoms with E-state index < -0.39 is 0 Å². The lowest BCUT2D eigenvalue weighted by Gasteiger charge is -2.14. The third-order valence-corrected chi connectivity index (χ3v) is 6.69. The van der Waals surface area contributed by atoms with Crippen molar-refractivity contribution in [1.82, 2.24) is 14.9 Å². The van der Waals surface area contributed by atoms with Crippen LogP contribution in [0.25, 0.3) is 21.5 Å². The van der Waals surface area contributed by atoms with E-state index in [1.807, 2.05) is 81.0 Å². The Morgan fingerprint density at radius 3 is 2.50 bits per heavy atom. The van der Waals surface area contributed by atoms with Gasteiger partial charge in [0.05, 0.1) is 16.1 Å². The fourth-order valence-corrected chi connectivity index (χ4v) is 4.76. The Kier molecular flexibility index (Phi) is 6.75. The summed E-state index contributed by atoms with van der Waals surface area (Å²) in [7, 11) is 4.05. The van der Waals surface area contributed by atoms with Gasteiger partial charge in [0.25, 0.3) is 5.91 Å². The number of carbonyl (C=O) groups excluding carboxylic acids is 1. The molecule has 3 aromatic carbocycles. The number of hydrogen-bond donors (Lipinski definition) is 2. The lowest BCUT2D eigenvalue weighted by molar-refractivity contribution is 0.102. The Balaban J connectivity index is 1.34. The van der Waals surface area contributed by atoms with Gasteiger partial charge in [-0.1, -0.05) is 36.4 Å². The topological polar surface area (TPSA) is 70.2 Å². The minimum atomic E-state index is -0.145. The summed E-state index contributed by atoms with van der Waals surface area (Å²) in [6.45, 7) is 2.81. The van der Waals surface area contributed by atoms with Gasteiger partial charge in [-0.2, -0.15) is 0 Å². The number of hydrogen-bond acceptors (Lipinski definition) is 6. The van der Waals surface area contributed by atoms with Gasteiger partial charge in [0.15, 0.2) is 0 Å². The smallest absolute Gasteiger partial charge is 0.255 e. The molecule has 2 N–H and O–H groups in total. The van der Waals surface area contributed by atoms with Gasteiger partial charge >= 0.3 is 0 Å². The van der Waals surface area contributed by atoms with Gasteiger partial charge in [-0.15, -0.1) is 11.3 Å². The zero-order valence-corrected chi connectivity index (χ0v) is 21.3. The molecule has 5 rings (SSSR count). The number of rotatable bonds is 7. The molecule has 0 saturated heterocycles. The molecule has 1 amide bonds. The number of nitrogens with zero attached hydrogens (tertiary/aromatic N) is 3. The summed E-state index contributed by atoms with van der Waals surface area (Å²) in [5.41, 5.74) is 6.17. The molecule has 5 aromatic rings. The average Bonchev–Trinajstić information content (AvgIpc) is 3.41. The van der Waals surface area contributed by atoms with Crippen LogP contribution in [-0.4, -0.2) is 34.9 Å². The minimum absolute atomic E-state index is 0.145. The monoisotopic (exact) mass is 493 g/mol. The number of aromatic nitrogens is 2. The number of para-hydroxylation sites is 1. The molecular formula is C29H27N5OS. The van der Waals surface area contributed by atoms with E-state index in [-0.39, 0.29) is 5.91 Å². The van der Waals surface area contributed by atoms with Gasteiger partial charge in [0.1, 0.15) is 0 Å². The van der Waals surface area contributed by atoms with Gasteiger partial charge in [-0.3, -0.25) is 4.79 Å². The van der Waals surface area contributed by atoms with Gasteiger partial charge in [-0.25, -0.2) is 9.97 Å². The van der Waals surface area contributed by atoms with E-state index in [2.05, 4.69) is 27.7 Å². The van der Waals surface area contributed by atoms with Crippen LogP contribution in [-0.2, 0) is 6.54 Å². The predicted octanol–water partition coefficient (Wildman–Crippen LogP) is 6.72. The highest BCUT2D eigenvalue weighted by Gasteiger charge is 2.12. The zero-order chi connectivity index (χ0) is 25.1. The second kappa shape index (κ2) is 10.3. The quantitative estimate of drug-likeness (QED) is 0.263. The van der Waals surface area contributed by atoms with E-state index in [0.717, 1.165) is 50.5 Å². The van der Waals surface area contributed by atoms with Crippen LogP contribution in [0.4, 0.5) is 17.3 Å². The highest BCUT2D eigenvalue weighted by Crippen LogP contribution is 2.31. The predicted molar refractivity (Wildman–Crippen MR) is 149 cm³/mol. The first-order chi connectivity index (χ1) is 17.5. The molecule has 2 aromatic heterocycles. The van der Waals surface area contributed by atoms with Gasteiger partial charge in [0.2, 0.25) is 5.95 Å². The molecule has 0 aliphatic rings. The molecule has 0 fully saturated rings. The Morgan fingerprint density at radius 2 is 1.75 bits per heavy atom. The number of carbonyl (C=O) groups is 1. The molecule has 6 nitrogen and oxygen atoms in total. The first-order valence-electron chi connectivity index (χ1n) is 11.7. The fourth-order valence-electron chi connectivity index (χ4n) is 4.03. The number of benzene rings is 3. The first kappa shape index (κ1) is 23.7. The van der Waals surface area contributed by atoms with Gasteiger partial charge in [-0.05, 0) is 80.0 Å². The van der Waals surface area contributed by atoms with Crippen molar-refractivity contribution in [2.24, 2.45) is 0 Å². The van der Waals surface area contributed by atoms with Crippen LogP contribution in [0.3, 0.4) is 0 Å². The molecule has 0 atom stereocenters. The van der Waals surface area contributed by atoms with Gasteiger partial charge < -0.3 is 15.5 Å². The molecule has 180 valence electrons. The molecule has 36 heavy (non-hydrogen) atoms. The average molecular weight is 494 g/mol. The number of nitrogens with one attached hydrogen (secondary N) is 2. The Labute approximate surface area is 214 Å². The molecule has 7 heteroatoms. The molecule has 0 spiro atoms. The van der Waals surface area contributed by atoms with Crippen molar-refractivity contribution in [3.8, 4) is 10.6 Å². The van der Waals surface area contributed by atoms with Crippen molar-refractivity contribution >= 4 is 45.5 Å². The first-order valence-corrected chi connectivity index (χ1v) is 12.6. The lowest BCUT2D eigenvalue weighted by atomic mass is 10.1. The van der Waals surface area contributed by atoms with Crippen molar-refractivity contribution in [2.75, 3.05) is 24.7 Å². The minimum Gasteiger partial charge on any atom is -0.324 e. The summed E-state index contributed by atoms with van der Waals surface area (Å²) in [4.78, 5) is 25.6. The zero-order valence-electron chi connectivity index (χ0n) is 20.4. The lowest BCUT2D eigenvalue weighted by Crippen LogP contribution is -2.14. The SMILES string of the molecule is Cc1ccc(CN(C)C)cc1NC(=O)c1ccc(Nc2nc(-c3cccs3)c3ccccc3n2)cc1. The number of anilines is 3. The van der Waals surface area contributed by atoms with E-state index >= 15 is 0 Å². The summed E-state index contributed by atoms with van der Waals surface area (Å²) in [5, 5.41) is 9.41. The Bertz CT molecular complexity index is 1510. The molecule has 2 heterocycles. The van der Waals surface area contributed by atoms with Crippen LogP contribution in [0, 0.1) is 6.92 Å². The van der Waals surface area contributed by atoms with Crippen LogP contribution < -0.4 is 10.6 Å². The summed E-state index contributed by atoms with van der Waals surface area (Å²) < 4.78 is 0. The van der Waals surface area contributed by atoms with Crippen LogP contribution in [0.5, 0.6) is 0 Å². The molecule has 0 bridgehead atoms. The number of amides is 1. The summed E-state index contributed by atoms with van der Waals surface area (Å²) >= 11 is 1.65. The van der Waals surface area contributed by atoms with E-state index in [1.165, 1.54) is 0 Å². The maximum atomic E-state index is 12.9. The highest BCUT2D eigenvalue weighted by molar-refractivity contribution is 7.13. The van der Waals surface area contributed by atoms with Crippen molar-refractivity contribution in [3.63, 3.8) is 0 Å². The third kappa shape index (κ3) is 5.27. The number of fused-ring (bicyclic) bond motifs is 1.